The minimum absolute atomic E-state index is 0.0365. The first-order chi connectivity index (χ1) is 6.92. The first kappa shape index (κ1) is 12.2. The van der Waals surface area contributed by atoms with Crippen molar-refractivity contribution in [1.29, 1.82) is 0 Å². The van der Waals surface area contributed by atoms with Crippen molar-refractivity contribution >= 4 is 0 Å². The first-order valence-corrected chi connectivity index (χ1v) is 5.15. The highest BCUT2D eigenvalue weighted by atomic mass is 16.6. The third kappa shape index (κ3) is 4.00. The number of aryl methyl sites for hydroxylation is 1. The van der Waals surface area contributed by atoms with Crippen LogP contribution in [0, 0.1) is 6.92 Å². The predicted molar refractivity (Wildman–Crippen MR) is 62.1 cm³/mol. The quantitative estimate of drug-likeness (QED) is 0.604. The summed E-state index contributed by atoms with van der Waals surface area (Å²) < 4.78 is 0.829. The zero-order chi connectivity index (χ0) is 11.5. The van der Waals surface area contributed by atoms with Crippen LogP contribution < -0.4 is 5.90 Å². The second-order valence-corrected chi connectivity index (χ2v) is 5.01. The molecule has 84 valence electrons. The highest BCUT2D eigenvalue weighted by Crippen LogP contribution is 2.18. The Bertz CT molecular complexity index is 300. The maximum atomic E-state index is 5.34. The predicted octanol–water partition coefficient (Wildman–Crippen LogP) is 1.63. The monoisotopic (exact) mass is 209 g/mol. The lowest BCUT2D eigenvalue weighted by atomic mass is 10.1. The number of rotatable bonds is 4. The molecule has 0 fully saturated rings. The van der Waals surface area contributed by atoms with Crippen molar-refractivity contribution < 1.29 is 9.32 Å². The molecule has 1 rings (SSSR count). The highest BCUT2D eigenvalue weighted by Gasteiger charge is 2.19. The van der Waals surface area contributed by atoms with Crippen LogP contribution in [0.4, 0.5) is 0 Å². The summed E-state index contributed by atoms with van der Waals surface area (Å²) in [5, 5.41) is 0. The SMILES string of the molecule is Cc1ccc(C(C[N+](C)(C)C)ON)cc1. The van der Waals surface area contributed by atoms with Crippen LogP contribution in [-0.2, 0) is 4.84 Å². The Morgan fingerprint density at radius 1 is 1.20 bits per heavy atom. The number of hydrogen-bond donors (Lipinski definition) is 1. The summed E-state index contributed by atoms with van der Waals surface area (Å²) in [6, 6.07) is 8.30. The molecule has 1 aromatic rings. The molecular weight excluding hydrogens is 188 g/mol. The lowest BCUT2D eigenvalue weighted by Crippen LogP contribution is -2.39. The minimum atomic E-state index is -0.0365. The Labute approximate surface area is 92.0 Å². The van der Waals surface area contributed by atoms with E-state index in [1.807, 2.05) is 0 Å². The Morgan fingerprint density at radius 3 is 2.13 bits per heavy atom. The van der Waals surface area contributed by atoms with Gasteiger partial charge < -0.3 is 4.48 Å². The first-order valence-electron chi connectivity index (χ1n) is 5.15. The molecule has 0 aliphatic heterocycles. The summed E-state index contributed by atoms with van der Waals surface area (Å²) in [4.78, 5) is 5.04. The third-order valence-electron chi connectivity index (χ3n) is 2.33. The number of quaternary nitrogens is 1. The lowest BCUT2D eigenvalue weighted by Gasteiger charge is -2.28. The number of benzene rings is 1. The van der Waals surface area contributed by atoms with Crippen LogP contribution >= 0.6 is 0 Å². The van der Waals surface area contributed by atoms with E-state index in [4.69, 9.17) is 10.7 Å². The normalized spacial score (nSPS) is 13.9. The van der Waals surface area contributed by atoms with Crippen molar-refractivity contribution in [2.45, 2.75) is 13.0 Å². The molecule has 0 bridgehead atoms. The second-order valence-electron chi connectivity index (χ2n) is 5.01. The fourth-order valence-electron chi connectivity index (χ4n) is 1.51. The van der Waals surface area contributed by atoms with Crippen LogP contribution in [0.25, 0.3) is 0 Å². The molecular formula is C12H21N2O+. The van der Waals surface area contributed by atoms with E-state index < -0.39 is 0 Å². The van der Waals surface area contributed by atoms with Crippen LogP contribution in [0.2, 0.25) is 0 Å². The third-order valence-corrected chi connectivity index (χ3v) is 2.33. The van der Waals surface area contributed by atoms with E-state index in [0.717, 1.165) is 16.6 Å². The van der Waals surface area contributed by atoms with E-state index in [1.165, 1.54) is 5.56 Å². The van der Waals surface area contributed by atoms with Gasteiger partial charge in [-0.2, -0.15) is 0 Å². The summed E-state index contributed by atoms with van der Waals surface area (Å²) in [7, 11) is 6.38. The van der Waals surface area contributed by atoms with E-state index in [-0.39, 0.29) is 6.10 Å². The fourth-order valence-corrected chi connectivity index (χ4v) is 1.51. The van der Waals surface area contributed by atoms with E-state index in [1.54, 1.807) is 0 Å². The average molecular weight is 209 g/mol. The number of nitrogens with two attached hydrogens (primary N) is 1. The van der Waals surface area contributed by atoms with Gasteiger partial charge >= 0.3 is 0 Å². The number of likely N-dealkylation sites (N-methyl/N-ethyl adjacent to an activating group) is 1. The van der Waals surface area contributed by atoms with Crippen LogP contribution in [0.1, 0.15) is 17.2 Å². The average Bonchev–Trinajstić information content (AvgIpc) is 2.14. The fraction of sp³-hybridized carbons (Fsp3) is 0.500. The van der Waals surface area contributed by atoms with Crippen LogP contribution in [0.3, 0.4) is 0 Å². The van der Waals surface area contributed by atoms with Gasteiger partial charge in [-0.15, -0.1) is 0 Å². The van der Waals surface area contributed by atoms with Gasteiger partial charge in [0.1, 0.15) is 6.54 Å². The van der Waals surface area contributed by atoms with Gasteiger partial charge in [-0.1, -0.05) is 29.8 Å². The van der Waals surface area contributed by atoms with Gasteiger partial charge in [0.15, 0.2) is 6.10 Å². The van der Waals surface area contributed by atoms with Crippen molar-refractivity contribution in [3.05, 3.63) is 35.4 Å². The summed E-state index contributed by atoms with van der Waals surface area (Å²) in [5.41, 5.74) is 2.39. The molecule has 0 radical (unpaired) electrons. The van der Waals surface area contributed by atoms with Crippen molar-refractivity contribution in [2.24, 2.45) is 5.90 Å². The van der Waals surface area contributed by atoms with Gasteiger partial charge in [0.2, 0.25) is 0 Å². The second kappa shape index (κ2) is 4.75. The van der Waals surface area contributed by atoms with E-state index in [9.17, 15) is 0 Å². The van der Waals surface area contributed by atoms with E-state index in [0.29, 0.717) is 0 Å². The molecule has 0 saturated carbocycles. The van der Waals surface area contributed by atoms with Gasteiger partial charge in [-0.3, -0.25) is 4.84 Å². The maximum absolute atomic E-state index is 5.34. The van der Waals surface area contributed by atoms with Gasteiger partial charge in [0.25, 0.3) is 0 Å². The molecule has 3 heteroatoms. The van der Waals surface area contributed by atoms with Crippen molar-refractivity contribution in [1.82, 2.24) is 0 Å². The molecule has 2 N–H and O–H groups in total. The van der Waals surface area contributed by atoms with Crippen LogP contribution in [0.5, 0.6) is 0 Å². The molecule has 15 heavy (non-hydrogen) atoms. The topological polar surface area (TPSA) is 35.2 Å². The molecule has 0 aliphatic carbocycles. The summed E-state index contributed by atoms with van der Waals surface area (Å²) >= 11 is 0. The zero-order valence-electron chi connectivity index (χ0n) is 10.0. The summed E-state index contributed by atoms with van der Waals surface area (Å²) in [6.07, 6.45) is -0.0365. The number of hydrogen-bond acceptors (Lipinski definition) is 2. The minimum Gasteiger partial charge on any atom is -0.328 e. The van der Waals surface area contributed by atoms with E-state index in [2.05, 4.69) is 52.3 Å². The molecule has 0 aliphatic rings. The molecule has 0 amide bonds. The Hall–Kier alpha value is -0.900. The molecule has 3 nitrogen and oxygen atoms in total. The molecule has 0 spiro atoms. The van der Waals surface area contributed by atoms with Crippen LogP contribution in [-0.4, -0.2) is 32.2 Å². The summed E-state index contributed by atoms with van der Waals surface area (Å²) in [5.74, 6) is 5.34. The Morgan fingerprint density at radius 2 is 1.73 bits per heavy atom. The van der Waals surface area contributed by atoms with E-state index >= 15 is 0 Å². The van der Waals surface area contributed by atoms with Gasteiger partial charge in [-0.25, -0.2) is 5.90 Å². The van der Waals surface area contributed by atoms with Gasteiger partial charge in [0.05, 0.1) is 21.1 Å². The molecule has 0 saturated heterocycles. The molecule has 1 atom stereocenters. The maximum Gasteiger partial charge on any atom is 0.152 e. The standard InChI is InChI=1S/C12H21N2O/c1-10-5-7-11(8-6-10)12(15-13)9-14(2,3)4/h5-8,12H,9,13H2,1-4H3/q+1. The Balaban J connectivity index is 2.79. The smallest absolute Gasteiger partial charge is 0.152 e. The number of nitrogens with zero attached hydrogens (tertiary/aromatic N) is 1. The van der Waals surface area contributed by atoms with Gasteiger partial charge in [-0.05, 0) is 12.5 Å². The molecule has 0 heterocycles. The largest absolute Gasteiger partial charge is 0.328 e. The summed E-state index contributed by atoms with van der Waals surface area (Å²) in [6.45, 7) is 2.93. The molecule has 1 aromatic carbocycles. The lowest BCUT2D eigenvalue weighted by molar-refractivity contribution is -0.874. The van der Waals surface area contributed by atoms with Crippen molar-refractivity contribution in [3.8, 4) is 0 Å². The Kier molecular flexibility index (Phi) is 3.85. The molecule has 0 aromatic heterocycles. The highest BCUT2D eigenvalue weighted by molar-refractivity contribution is 5.23. The van der Waals surface area contributed by atoms with Crippen molar-refractivity contribution in [3.63, 3.8) is 0 Å². The molecule has 1 unspecified atom stereocenters. The van der Waals surface area contributed by atoms with Crippen molar-refractivity contribution in [2.75, 3.05) is 27.7 Å². The van der Waals surface area contributed by atoms with Crippen LogP contribution in [0.15, 0.2) is 24.3 Å². The zero-order valence-corrected chi connectivity index (χ0v) is 10.0. The van der Waals surface area contributed by atoms with Gasteiger partial charge in [0, 0.05) is 0 Å².